The summed E-state index contributed by atoms with van der Waals surface area (Å²) in [5.74, 6) is -1.93. The molecule has 20 heavy (non-hydrogen) atoms. The van der Waals surface area contributed by atoms with Gasteiger partial charge in [0.1, 0.15) is 0 Å². The summed E-state index contributed by atoms with van der Waals surface area (Å²) in [6, 6.07) is 4.58. The highest BCUT2D eigenvalue weighted by atomic mass is 35.5. The predicted molar refractivity (Wildman–Crippen MR) is 73.9 cm³/mol. The maximum Gasteiger partial charge on any atom is 0.335 e. The number of nitrogens with zero attached hydrogens (tertiary/aromatic N) is 1. The average Bonchev–Trinajstić information content (AvgIpc) is 2.64. The summed E-state index contributed by atoms with van der Waals surface area (Å²) in [5, 5.41) is 0.371. The first-order valence-electron chi connectivity index (χ1n) is 5.96. The van der Waals surface area contributed by atoms with Crippen molar-refractivity contribution in [3.05, 3.63) is 40.9 Å². The molecule has 1 heterocycles. The molecule has 5 nitrogen and oxygen atoms in total. The van der Waals surface area contributed by atoms with Gasteiger partial charge in [-0.15, -0.1) is 0 Å². The third-order valence-corrected chi connectivity index (χ3v) is 3.08. The first kappa shape index (κ1) is 14.3. The van der Waals surface area contributed by atoms with E-state index in [9.17, 15) is 14.4 Å². The maximum absolute atomic E-state index is 11.9. The average molecular weight is 294 g/mol. The van der Waals surface area contributed by atoms with E-state index in [0.717, 1.165) is 0 Å². The molecule has 0 atom stereocenters. The van der Waals surface area contributed by atoms with Gasteiger partial charge >= 0.3 is 5.97 Å². The number of Topliss-reactive ketones (excluding diaryl/α,β-unsaturated/α-hetero) is 1. The molecule has 1 aliphatic heterocycles. The zero-order valence-corrected chi connectivity index (χ0v) is 11.6. The van der Waals surface area contributed by atoms with E-state index in [2.05, 4.69) is 6.58 Å². The van der Waals surface area contributed by atoms with Crippen LogP contribution in [0.1, 0.15) is 17.3 Å². The van der Waals surface area contributed by atoms with E-state index in [1.165, 1.54) is 11.0 Å². The molecule has 1 amide bonds. The quantitative estimate of drug-likeness (QED) is 0.484. The molecule has 1 aromatic rings. The molecule has 0 radical (unpaired) electrons. The van der Waals surface area contributed by atoms with Crippen LogP contribution in [-0.4, -0.2) is 30.8 Å². The van der Waals surface area contributed by atoms with Gasteiger partial charge in [0.05, 0.1) is 24.4 Å². The largest absolute Gasteiger partial charge is 0.463 e. The molecule has 0 spiro atoms. The van der Waals surface area contributed by atoms with Gasteiger partial charge < -0.3 is 9.64 Å². The molecule has 0 aromatic heterocycles. The third kappa shape index (κ3) is 2.44. The van der Waals surface area contributed by atoms with Gasteiger partial charge in [-0.3, -0.25) is 9.59 Å². The van der Waals surface area contributed by atoms with Crippen LogP contribution in [0.25, 0.3) is 0 Å². The van der Waals surface area contributed by atoms with E-state index in [-0.39, 0.29) is 24.3 Å². The SMILES string of the molecule is C=C(CN1C(=O)C(=O)c2cc(Cl)ccc21)C(=O)OCC. The molecular weight excluding hydrogens is 282 g/mol. The van der Waals surface area contributed by atoms with E-state index < -0.39 is 17.7 Å². The van der Waals surface area contributed by atoms with Crippen LogP contribution in [0.15, 0.2) is 30.4 Å². The molecule has 1 aromatic carbocycles. The Morgan fingerprint density at radius 3 is 2.75 bits per heavy atom. The van der Waals surface area contributed by atoms with Crippen molar-refractivity contribution in [1.29, 1.82) is 0 Å². The van der Waals surface area contributed by atoms with Gasteiger partial charge in [-0.1, -0.05) is 18.2 Å². The molecule has 0 bridgehead atoms. The van der Waals surface area contributed by atoms with Crippen molar-refractivity contribution in [1.82, 2.24) is 0 Å². The molecule has 6 heteroatoms. The monoisotopic (exact) mass is 293 g/mol. The van der Waals surface area contributed by atoms with E-state index in [0.29, 0.717) is 10.7 Å². The fourth-order valence-electron chi connectivity index (χ4n) is 1.92. The molecular formula is C14H12ClNO4. The van der Waals surface area contributed by atoms with E-state index in [4.69, 9.17) is 16.3 Å². The Hall–Kier alpha value is -2.14. The molecule has 0 unspecified atom stereocenters. The van der Waals surface area contributed by atoms with Crippen LogP contribution in [0.2, 0.25) is 5.02 Å². The number of ether oxygens (including phenoxy) is 1. The Kier molecular flexibility index (Phi) is 3.90. The van der Waals surface area contributed by atoms with Crippen molar-refractivity contribution >= 4 is 34.9 Å². The number of carbonyl (C=O) groups is 3. The number of halogens is 1. The number of esters is 1. The van der Waals surface area contributed by atoms with Crippen molar-refractivity contribution < 1.29 is 19.1 Å². The van der Waals surface area contributed by atoms with Crippen LogP contribution >= 0.6 is 11.6 Å². The lowest BCUT2D eigenvalue weighted by molar-refractivity contribution is -0.138. The van der Waals surface area contributed by atoms with Crippen LogP contribution in [0.3, 0.4) is 0 Å². The number of hydrogen-bond donors (Lipinski definition) is 0. The maximum atomic E-state index is 11.9. The van der Waals surface area contributed by atoms with Crippen molar-refractivity contribution in [2.75, 3.05) is 18.1 Å². The van der Waals surface area contributed by atoms with Gasteiger partial charge in [-0.25, -0.2) is 4.79 Å². The number of anilines is 1. The molecule has 0 aliphatic carbocycles. The number of benzene rings is 1. The second-order valence-electron chi connectivity index (χ2n) is 4.21. The van der Waals surface area contributed by atoms with Crippen molar-refractivity contribution in [2.24, 2.45) is 0 Å². The summed E-state index contributed by atoms with van der Waals surface area (Å²) in [6.45, 7) is 5.39. The lowest BCUT2D eigenvalue weighted by atomic mass is 10.1. The third-order valence-electron chi connectivity index (χ3n) is 2.85. The number of carbonyl (C=O) groups excluding carboxylic acids is 3. The number of hydrogen-bond acceptors (Lipinski definition) is 4. The zero-order chi connectivity index (χ0) is 14.9. The normalized spacial score (nSPS) is 13.4. The van der Waals surface area contributed by atoms with E-state index in [1.54, 1.807) is 19.1 Å². The lowest BCUT2D eigenvalue weighted by Crippen LogP contribution is -2.33. The van der Waals surface area contributed by atoms with Gasteiger partial charge in [-0.2, -0.15) is 0 Å². The molecule has 0 N–H and O–H groups in total. The smallest absolute Gasteiger partial charge is 0.335 e. The number of rotatable bonds is 4. The molecule has 104 valence electrons. The fourth-order valence-corrected chi connectivity index (χ4v) is 2.09. The summed E-state index contributed by atoms with van der Waals surface area (Å²) < 4.78 is 4.80. The molecule has 1 aliphatic rings. The van der Waals surface area contributed by atoms with Gasteiger partial charge in [0, 0.05) is 10.6 Å². The Morgan fingerprint density at radius 2 is 2.10 bits per heavy atom. The zero-order valence-electron chi connectivity index (χ0n) is 10.8. The van der Waals surface area contributed by atoms with Crippen LogP contribution in [0, 0.1) is 0 Å². The number of fused-ring (bicyclic) bond motifs is 1. The minimum Gasteiger partial charge on any atom is -0.463 e. The highest BCUT2D eigenvalue weighted by molar-refractivity contribution is 6.52. The van der Waals surface area contributed by atoms with Crippen LogP contribution < -0.4 is 4.90 Å². The van der Waals surface area contributed by atoms with Gasteiger partial charge in [0.15, 0.2) is 0 Å². The second kappa shape index (κ2) is 5.46. The molecule has 0 saturated carbocycles. The second-order valence-corrected chi connectivity index (χ2v) is 4.64. The fraction of sp³-hybridized carbons (Fsp3) is 0.214. The van der Waals surface area contributed by atoms with E-state index in [1.807, 2.05) is 0 Å². The highest BCUT2D eigenvalue weighted by Gasteiger charge is 2.36. The summed E-state index contributed by atoms with van der Waals surface area (Å²) in [6.07, 6.45) is 0. The molecule has 0 saturated heterocycles. The first-order chi connectivity index (χ1) is 9.45. The minimum atomic E-state index is -0.701. The number of amides is 1. The number of ketones is 1. The Labute approximate surface area is 120 Å². The standard InChI is InChI=1S/C14H12ClNO4/c1-3-20-14(19)8(2)7-16-11-5-4-9(15)6-10(11)12(17)13(16)18/h4-6H,2-3,7H2,1H3. The topological polar surface area (TPSA) is 63.7 Å². The van der Waals surface area contributed by atoms with Gasteiger partial charge in [0.25, 0.3) is 11.7 Å². The summed E-state index contributed by atoms with van der Waals surface area (Å²) in [7, 11) is 0. The van der Waals surface area contributed by atoms with Crippen LogP contribution in [0.4, 0.5) is 5.69 Å². The summed E-state index contributed by atoms with van der Waals surface area (Å²) in [5.41, 5.74) is 0.768. The highest BCUT2D eigenvalue weighted by Crippen LogP contribution is 2.31. The van der Waals surface area contributed by atoms with Gasteiger partial charge in [-0.05, 0) is 25.1 Å². The predicted octanol–water partition coefficient (Wildman–Crippen LogP) is 1.99. The van der Waals surface area contributed by atoms with Gasteiger partial charge in [0.2, 0.25) is 0 Å². The van der Waals surface area contributed by atoms with Crippen LogP contribution in [-0.2, 0) is 14.3 Å². The van der Waals surface area contributed by atoms with Crippen molar-refractivity contribution in [3.8, 4) is 0 Å². The Bertz CT molecular complexity index is 624. The lowest BCUT2D eigenvalue weighted by Gasteiger charge is -2.17. The minimum absolute atomic E-state index is 0.0853. The first-order valence-corrected chi connectivity index (χ1v) is 6.34. The van der Waals surface area contributed by atoms with E-state index >= 15 is 0 Å². The van der Waals surface area contributed by atoms with Crippen molar-refractivity contribution in [3.63, 3.8) is 0 Å². The molecule has 2 rings (SSSR count). The summed E-state index contributed by atoms with van der Waals surface area (Å²) in [4.78, 5) is 36.5. The summed E-state index contributed by atoms with van der Waals surface area (Å²) >= 11 is 5.81. The molecule has 0 fully saturated rings. The van der Waals surface area contributed by atoms with Crippen molar-refractivity contribution in [2.45, 2.75) is 6.92 Å². The Morgan fingerprint density at radius 1 is 1.40 bits per heavy atom. The Balaban J connectivity index is 2.26. The van der Waals surface area contributed by atoms with Crippen LogP contribution in [0.5, 0.6) is 0 Å².